The topological polar surface area (TPSA) is 73.1 Å². The first-order chi connectivity index (χ1) is 7.63. The normalized spacial score (nSPS) is 12.6. The SMILES string of the molecule is CCOc1ccnc(NCC(N)C(C)C)n1. The first-order valence-corrected chi connectivity index (χ1v) is 5.58. The quantitative estimate of drug-likeness (QED) is 0.761. The summed E-state index contributed by atoms with van der Waals surface area (Å²) in [5.41, 5.74) is 5.91. The Bertz CT molecular complexity index is 317. The van der Waals surface area contributed by atoms with E-state index < -0.39 is 0 Å². The van der Waals surface area contributed by atoms with Crippen molar-refractivity contribution in [2.45, 2.75) is 26.8 Å². The molecule has 16 heavy (non-hydrogen) atoms. The molecular formula is C11H20N4O. The van der Waals surface area contributed by atoms with Crippen LogP contribution in [0.25, 0.3) is 0 Å². The van der Waals surface area contributed by atoms with Gasteiger partial charge in [-0.2, -0.15) is 4.98 Å². The van der Waals surface area contributed by atoms with Crippen molar-refractivity contribution in [2.24, 2.45) is 11.7 Å². The van der Waals surface area contributed by atoms with Gasteiger partial charge >= 0.3 is 0 Å². The molecule has 0 bridgehead atoms. The highest BCUT2D eigenvalue weighted by Crippen LogP contribution is 2.08. The van der Waals surface area contributed by atoms with Gasteiger partial charge in [-0.05, 0) is 12.8 Å². The Balaban J connectivity index is 2.50. The lowest BCUT2D eigenvalue weighted by Gasteiger charge is -2.16. The van der Waals surface area contributed by atoms with Crippen molar-refractivity contribution in [2.75, 3.05) is 18.5 Å². The van der Waals surface area contributed by atoms with E-state index >= 15 is 0 Å². The van der Waals surface area contributed by atoms with Gasteiger partial charge in [0.1, 0.15) is 0 Å². The van der Waals surface area contributed by atoms with E-state index in [4.69, 9.17) is 10.5 Å². The number of nitrogens with two attached hydrogens (primary N) is 1. The third-order valence-corrected chi connectivity index (χ3v) is 2.27. The number of ether oxygens (including phenoxy) is 1. The van der Waals surface area contributed by atoms with E-state index in [9.17, 15) is 0 Å². The third kappa shape index (κ3) is 4.02. The fourth-order valence-electron chi connectivity index (χ4n) is 1.10. The van der Waals surface area contributed by atoms with Crippen LogP contribution in [0.4, 0.5) is 5.95 Å². The first kappa shape index (κ1) is 12.7. The summed E-state index contributed by atoms with van der Waals surface area (Å²) in [6.45, 7) is 7.35. The molecule has 0 fully saturated rings. The Labute approximate surface area is 96.4 Å². The lowest BCUT2D eigenvalue weighted by atomic mass is 10.1. The van der Waals surface area contributed by atoms with Crippen molar-refractivity contribution >= 4 is 5.95 Å². The molecule has 0 radical (unpaired) electrons. The summed E-state index contributed by atoms with van der Waals surface area (Å²) in [5.74, 6) is 1.57. The second-order valence-corrected chi connectivity index (χ2v) is 3.94. The molecule has 0 aliphatic carbocycles. The van der Waals surface area contributed by atoms with Crippen LogP contribution < -0.4 is 15.8 Å². The standard InChI is InChI=1S/C11H20N4O/c1-4-16-10-5-6-13-11(15-10)14-7-9(12)8(2)3/h5-6,8-9H,4,7,12H2,1-3H3,(H,13,14,15). The molecule has 0 aliphatic heterocycles. The molecule has 1 heterocycles. The number of nitrogens with zero attached hydrogens (tertiary/aromatic N) is 2. The highest BCUT2D eigenvalue weighted by atomic mass is 16.5. The van der Waals surface area contributed by atoms with Gasteiger partial charge in [0.2, 0.25) is 11.8 Å². The van der Waals surface area contributed by atoms with Gasteiger partial charge in [-0.15, -0.1) is 0 Å². The summed E-state index contributed by atoms with van der Waals surface area (Å²) in [4.78, 5) is 8.29. The van der Waals surface area contributed by atoms with E-state index in [-0.39, 0.29) is 6.04 Å². The van der Waals surface area contributed by atoms with Gasteiger partial charge in [0.05, 0.1) is 6.61 Å². The molecule has 0 aliphatic rings. The molecule has 0 amide bonds. The summed E-state index contributed by atoms with van der Waals surface area (Å²) in [6, 6.07) is 1.83. The van der Waals surface area contributed by atoms with E-state index in [1.54, 1.807) is 12.3 Å². The number of hydrogen-bond donors (Lipinski definition) is 2. The fourth-order valence-corrected chi connectivity index (χ4v) is 1.10. The zero-order valence-corrected chi connectivity index (χ0v) is 10.1. The maximum atomic E-state index is 5.91. The van der Waals surface area contributed by atoms with Gasteiger partial charge in [-0.3, -0.25) is 0 Å². The van der Waals surface area contributed by atoms with Gasteiger partial charge in [-0.25, -0.2) is 4.98 Å². The molecule has 1 unspecified atom stereocenters. The van der Waals surface area contributed by atoms with Gasteiger partial charge in [0.25, 0.3) is 0 Å². The van der Waals surface area contributed by atoms with Crippen molar-refractivity contribution in [3.05, 3.63) is 12.3 Å². The zero-order valence-electron chi connectivity index (χ0n) is 10.1. The Kier molecular flexibility index (Phi) is 4.98. The van der Waals surface area contributed by atoms with E-state index in [0.29, 0.717) is 30.9 Å². The van der Waals surface area contributed by atoms with Crippen molar-refractivity contribution in [1.82, 2.24) is 9.97 Å². The van der Waals surface area contributed by atoms with Crippen LogP contribution in [0.3, 0.4) is 0 Å². The summed E-state index contributed by atoms with van der Waals surface area (Å²) in [6.07, 6.45) is 1.67. The maximum absolute atomic E-state index is 5.91. The van der Waals surface area contributed by atoms with Crippen LogP contribution in [0.5, 0.6) is 5.88 Å². The van der Waals surface area contributed by atoms with Crippen molar-refractivity contribution < 1.29 is 4.74 Å². The number of anilines is 1. The van der Waals surface area contributed by atoms with Gasteiger partial charge < -0.3 is 15.8 Å². The number of hydrogen-bond acceptors (Lipinski definition) is 5. The molecular weight excluding hydrogens is 204 g/mol. The van der Waals surface area contributed by atoms with Crippen LogP contribution >= 0.6 is 0 Å². The van der Waals surface area contributed by atoms with Crippen LogP contribution in [0.2, 0.25) is 0 Å². The number of aromatic nitrogens is 2. The molecule has 1 rings (SSSR count). The van der Waals surface area contributed by atoms with Crippen LogP contribution in [0.15, 0.2) is 12.3 Å². The summed E-state index contributed by atoms with van der Waals surface area (Å²) in [5, 5.41) is 3.10. The Morgan fingerprint density at radius 3 is 2.88 bits per heavy atom. The summed E-state index contributed by atoms with van der Waals surface area (Å²) in [7, 11) is 0. The lowest BCUT2D eigenvalue weighted by Crippen LogP contribution is -2.34. The second-order valence-electron chi connectivity index (χ2n) is 3.94. The molecule has 0 aromatic carbocycles. The average Bonchev–Trinajstić information content (AvgIpc) is 2.26. The highest BCUT2D eigenvalue weighted by molar-refractivity contribution is 5.27. The average molecular weight is 224 g/mol. The Morgan fingerprint density at radius 1 is 1.50 bits per heavy atom. The Hall–Kier alpha value is -1.36. The van der Waals surface area contributed by atoms with E-state index in [0.717, 1.165) is 0 Å². The van der Waals surface area contributed by atoms with Gasteiger partial charge in [-0.1, -0.05) is 13.8 Å². The monoisotopic (exact) mass is 224 g/mol. The Morgan fingerprint density at radius 2 is 2.25 bits per heavy atom. The van der Waals surface area contributed by atoms with Crippen LogP contribution in [-0.2, 0) is 0 Å². The molecule has 1 atom stereocenters. The molecule has 90 valence electrons. The number of rotatable bonds is 6. The van der Waals surface area contributed by atoms with Crippen molar-refractivity contribution in [1.29, 1.82) is 0 Å². The molecule has 0 saturated heterocycles. The molecule has 3 N–H and O–H groups in total. The van der Waals surface area contributed by atoms with E-state index in [1.807, 2.05) is 6.92 Å². The zero-order chi connectivity index (χ0) is 12.0. The minimum absolute atomic E-state index is 0.0966. The predicted octanol–water partition coefficient (Wildman–Crippen LogP) is 1.27. The van der Waals surface area contributed by atoms with Crippen LogP contribution in [-0.4, -0.2) is 29.2 Å². The lowest BCUT2D eigenvalue weighted by molar-refractivity contribution is 0.326. The second kappa shape index (κ2) is 6.27. The molecule has 0 spiro atoms. The third-order valence-electron chi connectivity index (χ3n) is 2.27. The minimum atomic E-state index is 0.0966. The molecule has 0 saturated carbocycles. The van der Waals surface area contributed by atoms with Gasteiger partial charge in [0, 0.05) is 24.8 Å². The summed E-state index contributed by atoms with van der Waals surface area (Å²) >= 11 is 0. The van der Waals surface area contributed by atoms with Crippen LogP contribution in [0, 0.1) is 5.92 Å². The van der Waals surface area contributed by atoms with Crippen molar-refractivity contribution in [3.63, 3.8) is 0 Å². The predicted molar refractivity (Wildman–Crippen MR) is 64.5 cm³/mol. The van der Waals surface area contributed by atoms with Crippen LogP contribution in [0.1, 0.15) is 20.8 Å². The van der Waals surface area contributed by atoms with Gasteiger partial charge in [0.15, 0.2) is 0 Å². The minimum Gasteiger partial charge on any atom is -0.478 e. The largest absolute Gasteiger partial charge is 0.478 e. The van der Waals surface area contributed by atoms with Crippen molar-refractivity contribution in [3.8, 4) is 5.88 Å². The first-order valence-electron chi connectivity index (χ1n) is 5.58. The smallest absolute Gasteiger partial charge is 0.225 e. The molecule has 1 aromatic rings. The molecule has 1 aromatic heterocycles. The fraction of sp³-hybridized carbons (Fsp3) is 0.636. The van der Waals surface area contributed by atoms with E-state index in [2.05, 4.69) is 29.1 Å². The maximum Gasteiger partial charge on any atom is 0.225 e. The number of nitrogens with one attached hydrogen (secondary N) is 1. The molecule has 5 heteroatoms. The highest BCUT2D eigenvalue weighted by Gasteiger charge is 2.07. The summed E-state index contributed by atoms with van der Waals surface area (Å²) < 4.78 is 5.28. The molecule has 5 nitrogen and oxygen atoms in total. The van der Waals surface area contributed by atoms with E-state index in [1.165, 1.54) is 0 Å².